The molecule has 0 atom stereocenters. The van der Waals surface area contributed by atoms with Crippen LogP contribution in [0, 0.1) is 0 Å². The number of nitrogens with zero attached hydrogens (tertiary/aromatic N) is 3. The van der Waals surface area contributed by atoms with Crippen LogP contribution in [0.4, 0.5) is 13.2 Å². The summed E-state index contributed by atoms with van der Waals surface area (Å²) in [6, 6.07) is 8.36. The highest BCUT2D eigenvalue weighted by molar-refractivity contribution is 7.87. The highest BCUT2D eigenvalue weighted by atomic mass is 32.2. The van der Waals surface area contributed by atoms with E-state index in [1.54, 1.807) is 36.5 Å². The van der Waals surface area contributed by atoms with E-state index in [-0.39, 0.29) is 41.5 Å². The minimum Gasteiger partial charge on any atom is -0.466 e. The molecule has 0 aliphatic carbocycles. The van der Waals surface area contributed by atoms with E-state index in [0.29, 0.717) is 12.1 Å². The molecule has 1 aromatic heterocycles. The van der Waals surface area contributed by atoms with Crippen molar-refractivity contribution < 1.29 is 35.3 Å². The van der Waals surface area contributed by atoms with Gasteiger partial charge in [-0.25, -0.2) is 9.78 Å². The predicted octanol–water partition coefficient (Wildman–Crippen LogP) is 3.24. The molecule has 0 saturated heterocycles. The summed E-state index contributed by atoms with van der Waals surface area (Å²) >= 11 is 0. The Hall–Kier alpha value is -3.15. The Balaban J connectivity index is 2.21. The summed E-state index contributed by atoms with van der Waals surface area (Å²) in [6.45, 7) is 4.18. The molecule has 12 heteroatoms. The van der Waals surface area contributed by atoms with Gasteiger partial charge in [0, 0.05) is 42.8 Å². The normalized spacial score (nSPS) is 14.8. The molecule has 2 heterocycles. The maximum absolute atomic E-state index is 13.1. The van der Waals surface area contributed by atoms with Crippen LogP contribution in [0.15, 0.2) is 42.1 Å². The Morgan fingerprint density at radius 3 is 2.39 bits per heavy atom. The number of carbonyl (C=O) groups excluding carboxylic acids is 1. The first-order valence-electron chi connectivity index (χ1n) is 9.93. The van der Waals surface area contributed by atoms with E-state index < -0.39 is 27.5 Å². The number of methoxy groups -OCH3 is 1. The second-order valence-electron chi connectivity index (χ2n) is 7.53. The third-order valence-corrected chi connectivity index (χ3v) is 5.91. The molecule has 0 fully saturated rings. The van der Waals surface area contributed by atoms with Crippen LogP contribution in [0.1, 0.15) is 25.1 Å². The second kappa shape index (κ2) is 9.38. The van der Waals surface area contributed by atoms with Gasteiger partial charge in [-0.3, -0.25) is 0 Å². The van der Waals surface area contributed by atoms with Crippen LogP contribution in [0.3, 0.4) is 0 Å². The topological polar surface area (TPSA) is 98.7 Å². The van der Waals surface area contributed by atoms with Crippen LogP contribution in [-0.4, -0.2) is 54.5 Å². The lowest BCUT2D eigenvalue weighted by molar-refractivity contribution is -0.136. The standard InChI is InChI=1S/C21H22F3N3O5S/c1-13(2)27-10-9-17-16(11-15(12-27)20(28)31-3)19(32-33(29,30)21(22,23)24)26-18(25-17)14-7-5-4-6-8-14/h4-8,12-13H,9-11H2,1-3H3. The maximum Gasteiger partial charge on any atom is 0.534 e. The number of hydrogen-bond donors (Lipinski definition) is 0. The minimum absolute atomic E-state index is 0.00184. The molecule has 0 spiro atoms. The van der Waals surface area contributed by atoms with Crippen molar-refractivity contribution in [3.63, 3.8) is 0 Å². The molecule has 0 bridgehead atoms. The van der Waals surface area contributed by atoms with E-state index in [1.807, 2.05) is 18.7 Å². The van der Waals surface area contributed by atoms with Gasteiger partial charge in [0.05, 0.1) is 18.4 Å². The fraction of sp³-hybridized carbons (Fsp3) is 0.381. The fourth-order valence-corrected chi connectivity index (χ4v) is 3.67. The summed E-state index contributed by atoms with van der Waals surface area (Å²) in [4.78, 5) is 22.7. The largest absolute Gasteiger partial charge is 0.534 e. The van der Waals surface area contributed by atoms with Gasteiger partial charge in [0.15, 0.2) is 5.82 Å². The van der Waals surface area contributed by atoms with Crippen LogP contribution in [0.2, 0.25) is 0 Å². The number of ether oxygens (including phenoxy) is 1. The van der Waals surface area contributed by atoms with Crippen LogP contribution in [0.5, 0.6) is 5.88 Å². The molecule has 0 saturated carbocycles. The Kier molecular flexibility index (Phi) is 6.96. The van der Waals surface area contributed by atoms with E-state index in [4.69, 9.17) is 4.74 Å². The number of aromatic nitrogens is 2. The molecule has 1 aromatic carbocycles. The fourth-order valence-electron chi connectivity index (χ4n) is 3.23. The molecular formula is C21H22F3N3O5S. The Bertz CT molecular complexity index is 1170. The highest BCUT2D eigenvalue weighted by Crippen LogP contribution is 2.33. The molecule has 0 amide bonds. The third-order valence-electron chi connectivity index (χ3n) is 4.97. The highest BCUT2D eigenvalue weighted by Gasteiger charge is 2.49. The summed E-state index contributed by atoms with van der Waals surface area (Å²) in [5.74, 6) is -1.49. The van der Waals surface area contributed by atoms with Gasteiger partial charge in [0.1, 0.15) is 0 Å². The SMILES string of the molecule is COC(=O)C1=CN(C(C)C)CCc2nc(-c3ccccc3)nc(OS(=O)(=O)C(F)(F)F)c2C1. The second-order valence-corrected chi connectivity index (χ2v) is 9.07. The van der Waals surface area contributed by atoms with E-state index in [0.717, 1.165) is 0 Å². The molecule has 0 radical (unpaired) electrons. The van der Waals surface area contributed by atoms with Gasteiger partial charge in [-0.05, 0) is 13.8 Å². The van der Waals surface area contributed by atoms with Crippen LogP contribution in [-0.2, 0) is 32.5 Å². The molecule has 8 nitrogen and oxygen atoms in total. The zero-order chi connectivity index (χ0) is 24.4. The van der Waals surface area contributed by atoms with Crippen molar-refractivity contribution in [1.29, 1.82) is 0 Å². The van der Waals surface area contributed by atoms with Crippen LogP contribution < -0.4 is 4.18 Å². The lowest BCUT2D eigenvalue weighted by Crippen LogP contribution is -2.32. The van der Waals surface area contributed by atoms with Crippen molar-refractivity contribution in [1.82, 2.24) is 14.9 Å². The van der Waals surface area contributed by atoms with E-state index in [2.05, 4.69) is 14.2 Å². The number of hydrogen-bond acceptors (Lipinski definition) is 8. The average molecular weight is 485 g/mol. The van der Waals surface area contributed by atoms with Gasteiger partial charge in [0.2, 0.25) is 5.88 Å². The van der Waals surface area contributed by atoms with E-state index in [1.165, 1.54) is 7.11 Å². The number of fused-ring (bicyclic) bond motifs is 1. The molecule has 1 aliphatic rings. The number of halogens is 3. The van der Waals surface area contributed by atoms with Crippen molar-refractivity contribution >= 4 is 16.1 Å². The van der Waals surface area contributed by atoms with E-state index >= 15 is 0 Å². The van der Waals surface area contributed by atoms with Crippen molar-refractivity contribution in [3.05, 3.63) is 53.4 Å². The summed E-state index contributed by atoms with van der Waals surface area (Å²) < 4.78 is 72.1. The van der Waals surface area contributed by atoms with Gasteiger partial charge in [-0.2, -0.15) is 26.6 Å². The minimum atomic E-state index is -6.01. The first-order chi connectivity index (χ1) is 15.4. The molecule has 3 rings (SSSR count). The number of esters is 1. The van der Waals surface area contributed by atoms with Gasteiger partial charge in [-0.1, -0.05) is 30.3 Å². The first kappa shape index (κ1) is 24.5. The summed E-state index contributed by atoms with van der Waals surface area (Å²) in [5, 5.41) is 0. The summed E-state index contributed by atoms with van der Waals surface area (Å²) in [6.07, 6.45) is 1.53. The quantitative estimate of drug-likeness (QED) is 0.362. The van der Waals surface area contributed by atoms with Gasteiger partial charge in [-0.15, -0.1) is 0 Å². The summed E-state index contributed by atoms with van der Waals surface area (Å²) in [7, 11) is -4.84. The van der Waals surface area contributed by atoms with Crippen LogP contribution in [0.25, 0.3) is 11.4 Å². The van der Waals surface area contributed by atoms with Crippen molar-refractivity contribution in [2.24, 2.45) is 0 Å². The van der Waals surface area contributed by atoms with Gasteiger partial charge in [0.25, 0.3) is 0 Å². The lowest BCUT2D eigenvalue weighted by atomic mass is 10.0. The average Bonchev–Trinajstić information content (AvgIpc) is 2.73. The third kappa shape index (κ3) is 5.44. The molecule has 0 unspecified atom stereocenters. The molecular weight excluding hydrogens is 463 g/mol. The van der Waals surface area contributed by atoms with Crippen molar-refractivity contribution in [2.75, 3.05) is 13.7 Å². The predicted molar refractivity (Wildman–Crippen MR) is 112 cm³/mol. The zero-order valence-electron chi connectivity index (χ0n) is 18.1. The lowest BCUT2D eigenvalue weighted by Gasteiger charge is -2.28. The van der Waals surface area contributed by atoms with Gasteiger partial charge < -0.3 is 13.8 Å². The van der Waals surface area contributed by atoms with Crippen LogP contribution >= 0.6 is 0 Å². The molecule has 178 valence electrons. The number of alkyl halides is 3. The number of rotatable bonds is 5. The number of benzene rings is 1. The molecule has 33 heavy (non-hydrogen) atoms. The van der Waals surface area contributed by atoms with Gasteiger partial charge >= 0.3 is 21.6 Å². The Labute approximate surface area is 189 Å². The smallest absolute Gasteiger partial charge is 0.466 e. The van der Waals surface area contributed by atoms with E-state index in [9.17, 15) is 26.4 Å². The Morgan fingerprint density at radius 1 is 1.15 bits per heavy atom. The first-order valence-corrected chi connectivity index (χ1v) is 11.3. The Morgan fingerprint density at radius 2 is 1.82 bits per heavy atom. The molecule has 1 aliphatic heterocycles. The summed E-state index contributed by atoms with van der Waals surface area (Å²) in [5.41, 5.74) is -4.85. The van der Waals surface area contributed by atoms with Crippen molar-refractivity contribution in [2.45, 2.75) is 38.2 Å². The maximum atomic E-state index is 13.1. The number of carbonyl (C=O) groups is 1. The monoisotopic (exact) mass is 485 g/mol. The molecule has 2 aromatic rings. The zero-order valence-corrected chi connectivity index (χ0v) is 18.9. The molecule has 0 N–H and O–H groups in total. The van der Waals surface area contributed by atoms with Crippen molar-refractivity contribution in [3.8, 4) is 17.3 Å².